The summed E-state index contributed by atoms with van der Waals surface area (Å²) in [6.45, 7) is 4.90. The Bertz CT molecular complexity index is 906. The van der Waals surface area contributed by atoms with Gasteiger partial charge in [-0.25, -0.2) is 4.98 Å². The highest BCUT2D eigenvalue weighted by molar-refractivity contribution is 9.10. The Labute approximate surface area is 157 Å². The van der Waals surface area contributed by atoms with E-state index in [1.54, 1.807) is 0 Å². The first kappa shape index (κ1) is 17.7. The Morgan fingerprint density at radius 1 is 1.20 bits per heavy atom. The predicted molar refractivity (Wildman–Crippen MR) is 109 cm³/mol. The van der Waals surface area contributed by atoms with Gasteiger partial charge in [0.05, 0.1) is 23.4 Å². The van der Waals surface area contributed by atoms with E-state index in [0.717, 1.165) is 39.2 Å². The van der Waals surface area contributed by atoms with E-state index in [1.807, 2.05) is 26.4 Å². The molecule has 0 aliphatic heterocycles. The fourth-order valence-corrected chi connectivity index (χ4v) is 3.28. The van der Waals surface area contributed by atoms with Crippen molar-refractivity contribution in [2.45, 2.75) is 26.8 Å². The van der Waals surface area contributed by atoms with Crippen LogP contribution in [0.15, 0.2) is 41.0 Å². The van der Waals surface area contributed by atoms with Crippen LogP contribution in [0.5, 0.6) is 0 Å². The number of nitrogens with zero attached hydrogens (tertiary/aromatic N) is 3. The van der Waals surface area contributed by atoms with Crippen molar-refractivity contribution < 1.29 is 0 Å². The number of hydrogen-bond donors (Lipinski definition) is 1. The van der Waals surface area contributed by atoms with Gasteiger partial charge in [-0.05, 0) is 48.7 Å². The lowest BCUT2D eigenvalue weighted by Crippen LogP contribution is -2.14. The molecule has 0 atom stereocenters. The summed E-state index contributed by atoms with van der Waals surface area (Å²) in [7, 11) is 4.07. The van der Waals surface area contributed by atoms with Crippen molar-refractivity contribution in [1.82, 2.24) is 9.97 Å². The first-order valence-corrected chi connectivity index (χ1v) is 9.24. The van der Waals surface area contributed by atoms with Gasteiger partial charge in [0, 0.05) is 30.2 Å². The fourth-order valence-electron chi connectivity index (χ4n) is 2.96. The molecule has 25 heavy (non-hydrogen) atoms. The molecular weight excluding hydrogens is 376 g/mol. The van der Waals surface area contributed by atoms with Crippen LogP contribution in [0.2, 0.25) is 0 Å². The summed E-state index contributed by atoms with van der Waals surface area (Å²) in [5.41, 5.74) is 5.55. The third-order valence-electron chi connectivity index (χ3n) is 4.41. The van der Waals surface area contributed by atoms with Gasteiger partial charge in [0.25, 0.3) is 0 Å². The molecule has 0 fully saturated rings. The van der Waals surface area contributed by atoms with Crippen LogP contribution in [0.25, 0.3) is 10.9 Å². The molecule has 3 rings (SSSR count). The SMILES string of the molecule is CCc1cc2ccc(Br)c(C)c2nc1NCc1ncccc1N(C)C. The number of fused-ring (bicyclic) bond motifs is 1. The largest absolute Gasteiger partial charge is 0.376 e. The second-order valence-electron chi connectivity index (χ2n) is 6.31. The summed E-state index contributed by atoms with van der Waals surface area (Å²) < 4.78 is 1.09. The quantitative estimate of drug-likeness (QED) is 0.660. The highest BCUT2D eigenvalue weighted by atomic mass is 79.9. The van der Waals surface area contributed by atoms with Gasteiger partial charge in [0.15, 0.2) is 0 Å². The second kappa shape index (κ2) is 7.40. The van der Waals surface area contributed by atoms with E-state index in [4.69, 9.17) is 4.98 Å². The zero-order valence-corrected chi connectivity index (χ0v) is 16.7. The zero-order valence-electron chi connectivity index (χ0n) is 15.1. The maximum atomic E-state index is 4.91. The Hall–Kier alpha value is -2.14. The van der Waals surface area contributed by atoms with Gasteiger partial charge in [-0.2, -0.15) is 0 Å². The monoisotopic (exact) mass is 398 g/mol. The molecule has 0 aliphatic carbocycles. The third-order valence-corrected chi connectivity index (χ3v) is 5.26. The van der Waals surface area contributed by atoms with E-state index in [-0.39, 0.29) is 0 Å². The molecule has 0 saturated carbocycles. The molecule has 0 aliphatic rings. The number of anilines is 2. The van der Waals surface area contributed by atoms with E-state index in [0.29, 0.717) is 6.54 Å². The third kappa shape index (κ3) is 3.61. The average Bonchev–Trinajstić information content (AvgIpc) is 2.62. The van der Waals surface area contributed by atoms with Crippen LogP contribution < -0.4 is 10.2 Å². The minimum atomic E-state index is 0.646. The number of rotatable bonds is 5. The number of hydrogen-bond acceptors (Lipinski definition) is 4. The molecule has 0 spiro atoms. The summed E-state index contributed by atoms with van der Waals surface area (Å²) in [4.78, 5) is 11.5. The number of benzene rings is 1. The molecule has 4 nitrogen and oxygen atoms in total. The van der Waals surface area contributed by atoms with Gasteiger partial charge in [0.1, 0.15) is 5.82 Å². The van der Waals surface area contributed by atoms with E-state index in [2.05, 4.69) is 69.2 Å². The fraction of sp³-hybridized carbons (Fsp3) is 0.300. The highest BCUT2D eigenvalue weighted by Gasteiger charge is 2.11. The summed E-state index contributed by atoms with van der Waals surface area (Å²) in [6, 6.07) is 10.5. The first-order valence-electron chi connectivity index (χ1n) is 8.45. The minimum Gasteiger partial charge on any atom is -0.376 e. The Kier molecular flexibility index (Phi) is 5.23. The summed E-state index contributed by atoms with van der Waals surface area (Å²) in [5.74, 6) is 0.937. The molecule has 0 unspecified atom stereocenters. The molecule has 0 radical (unpaired) electrons. The molecular formula is C20H23BrN4. The van der Waals surface area contributed by atoms with Gasteiger partial charge in [-0.3, -0.25) is 4.98 Å². The van der Waals surface area contributed by atoms with Crippen LogP contribution >= 0.6 is 15.9 Å². The molecule has 2 heterocycles. The molecule has 3 aromatic rings. The lowest BCUT2D eigenvalue weighted by atomic mass is 10.1. The van der Waals surface area contributed by atoms with Crippen LogP contribution in [0.1, 0.15) is 23.7 Å². The van der Waals surface area contributed by atoms with Gasteiger partial charge in [-0.15, -0.1) is 0 Å². The lowest BCUT2D eigenvalue weighted by molar-refractivity contribution is 0.983. The molecule has 130 valence electrons. The first-order chi connectivity index (χ1) is 12.0. The van der Waals surface area contributed by atoms with Crippen molar-refractivity contribution in [3.05, 3.63) is 57.8 Å². The molecule has 0 saturated heterocycles. The van der Waals surface area contributed by atoms with E-state index >= 15 is 0 Å². The van der Waals surface area contributed by atoms with Gasteiger partial charge >= 0.3 is 0 Å². The van der Waals surface area contributed by atoms with Crippen LogP contribution in [0, 0.1) is 6.92 Å². The Morgan fingerprint density at radius 3 is 2.72 bits per heavy atom. The van der Waals surface area contributed by atoms with Gasteiger partial charge in [-0.1, -0.05) is 28.9 Å². The molecule has 5 heteroatoms. The number of nitrogens with one attached hydrogen (secondary N) is 1. The number of aromatic nitrogens is 2. The molecule has 2 aromatic heterocycles. The van der Waals surface area contributed by atoms with E-state index < -0.39 is 0 Å². The number of halogens is 1. The van der Waals surface area contributed by atoms with E-state index in [9.17, 15) is 0 Å². The molecule has 0 bridgehead atoms. The van der Waals surface area contributed by atoms with Crippen molar-refractivity contribution >= 4 is 38.3 Å². The van der Waals surface area contributed by atoms with Crippen LogP contribution in [0.3, 0.4) is 0 Å². The maximum Gasteiger partial charge on any atom is 0.130 e. The van der Waals surface area contributed by atoms with Crippen molar-refractivity contribution in [3.8, 4) is 0 Å². The minimum absolute atomic E-state index is 0.646. The molecule has 1 aromatic carbocycles. The predicted octanol–water partition coefficient (Wildman–Crippen LogP) is 4.94. The topological polar surface area (TPSA) is 41.1 Å². The van der Waals surface area contributed by atoms with Gasteiger partial charge in [0.2, 0.25) is 0 Å². The van der Waals surface area contributed by atoms with Crippen molar-refractivity contribution in [1.29, 1.82) is 0 Å². The molecule has 1 N–H and O–H groups in total. The Balaban J connectivity index is 1.97. The summed E-state index contributed by atoms with van der Waals surface area (Å²) >= 11 is 3.60. The number of pyridine rings is 2. The maximum absolute atomic E-state index is 4.91. The van der Waals surface area contributed by atoms with Crippen molar-refractivity contribution in [2.24, 2.45) is 0 Å². The van der Waals surface area contributed by atoms with E-state index in [1.165, 1.54) is 10.9 Å². The average molecular weight is 399 g/mol. The highest BCUT2D eigenvalue weighted by Crippen LogP contribution is 2.28. The van der Waals surface area contributed by atoms with Crippen LogP contribution in [-0.4, -0.2) is 24.1 Å². The number of aryl methyl sites for hydroxylation is 2. The van der Waals surface area contributed by atoms with Crippen molar-refractivity contribution in [2.75, 3.05) is 24.3 Å². The van der Waals surface area contributed by atoms with Gasteiger partial charge < -0.3 is 10.2 Å². The summed E-state index contributed by atoms with van der Waals surface area (Å²) in [5, 5.41) is 4.67. The second-order valence-corrected chi connectivity index (χ2v) is 7.17. The standard InChI is InChI=1S/C20H23BrN4/c1-5-14-11-15-8-9-16(21)13(2)19(15)24-20(14)23-12-17-18(25(3)4)7-6-10-22-17/h6-11H,5,12H2,1-4H3,(H,23,24). The summed E-state index contributed by atoms with van der Waals surface area (Å²) in [6.07, 6.45) is 2.77. The van der Waals surface area contributed by atoms with Crippen LogP contribution in [-0.2, 0) is 13.0 Å². The smallest absolute Gasteiger partial charge is 0.130 e. The lowest BCUT2D eigenvalue weighted by Gasteiger charge is -2.18. The normalized spacial score (nSPS) is 10.9. The van der Waals surface area contributed by atoms with Crippen LogP contribution in [0.4, 0.5) is 11.5 Å². The Morgan fingerprint density at radius 2 is 2.00 bits per heavy atom. The zero-order chi connectivity index (χ0) is 18.0. The van der Waals surface area contributed by atoms with Crippen molar-refractivity contribution in [3.63, 3.8) is 0 Å². The molecule has 0 amide bonds.